The molecular formula is C10H17N5O. The molecule has 16 heavy (non-hydrogen) atoms. The molecule has 0 unspecified atom stereocenters. The lowest BCUT2D eigenvalue weighted by atomic mass is 10.3. The zero-order valence-electron chi connectivity index (χ0n) is 9.66. The second-order valence-electron chi connectivity index (χ2n) is 3.72. The van der Waals surface area contributed by atoms with Crippen molar-refractivity contribution in [1.29, 1.82) is 0 Å². The van der Waals surface area contributed by atoms with Gasteiger partial charge in [-0.05, 0) is 6.92 Å². The van der Waals surface area contributed by atoms with E-state index in [0.717, 1.165) is 37.8 Å². The quantitative estimate of drug-likeness (QED) is 0.748. The Morgan fingerprint density at radius 1 is 1.31 bits per heavy atom. The van der Waals surface area contributed by atoms with Crippen LogP contribution in [0.5, 0.6) is 0 Å². The molecule has 0 saturated carbocycles. The smallest absolute Gasteiger partial charge is 0.224 e. The molecule has 0 aliphatic carbocycles. The molecule has 1 fully saturated rings. The monoisotopic (exact) mass is 223 g/mol. The number of hydrogen-bond donors (Lipinski definition) is 2. The van der Waals surface area contributed by atoms with E-state index in [1.165, 1.54) is 0 Å². The third-order valence-electron chi connectivity index (χ3n) is 2.65. The lowest BCUT2D eigenvalue weighted by Crippen LogP contribution is -2.37. The van der Waals surface area contributed by atoms with Gasteiger partial charge in [-0.25, -0.2) is 4.98 Å². The van der Waals surface area contributed by atoms with Gasteiger partial charge in [0.1, 0.15) is 0 Å². The predicted octanol–water partition coefficient (Wildman–Crippen LogP) is 0.246. The average molecular weight is 223 g/mol. The first kappa shape index (κ1) is 10.9. The molecule has 6 nitrogen and oxygen atoms in total. The third kappa shape index (κ3) is 2.01. The summed E-state index contributed by atoms with van der Waals surface area (Å²) in [5.41, 5.74) is 7.46. The molecule has 0 spiro atoms. The molecule has 1 aromatic heterocycles. The Morgan fingerprint density at radius 3 is 2.62 bits per heavy atom. The standard InChI is InChI=1S/C10H17N5O/c1-7-8(11)9(14-10(12-2)13-7)15-3-5-16-6-4-15/h3-6,11H2,1-2H3,(H,12,13,14). The van der Waals surface area contributed by atoms with Crippen molar-refractivity contribution in [3.63, 3.8) is 0 Å². The fourth-order valence-corrected chi connectivity index (χ4v) is 1.69. The molecule has 0 aromatic carbocycles. The number of aryl methyl sites for hydroxylation is 1. The second kappa shape index (κ2) is 4.52. The molecule has 1 aliphatic rings. The van der Waals surface area contributed by atoms with Crippen molar-refractivity contribution in [3.05, 3.63) is 5.69 Å². The highest BCUT2D eigenvalue weighted by Crippen LogP contribution is 2.24. The Morgan fingerprint density at radius 2 is 2.00 bits per heavy atom. The maximum absolute atomic E-state index is 6.00. The van der Waals surface area contributed by atoms with Crippen molar-refractivity contribution in [1.82, 2.24) is 9.97 Å². The van der Waals surface area contributed by atoms with Gasteiger partial charge in [-0.3, -0.25) is 0 Å². The SMILES string of the molecule is CNc1nc(C)c(N)c(N2CCOCC2)n1. The summed E-state index contributed by atoms with van der Waals surface area (Å²) < 4.78 is 5.31. The minimum Gasteiger partial charge on any atom is -0.394 e. The maximum atomic E-state index is 6.00. The van der Waals surface area contributed by atoms with Gasteiger partial charge >= 0.3 is 0 Å². The number of hydrogen-bond acceptors (Lipinski definition) is 6. The van der Waals surface area contributed by atoms with Crippen LogP contribution in [0.1, 0.15) is 5.69 Å². The highest BCUT2D eigenvalue weighted by atomic mass is 16.5. The van der Waals surface area contributed by atoms with E-state index in [2.05, 4.69) is 20.2 Å². The normalized spacial score (nSPS) is 16.2. The Kier molecular flexibility index (Phi) is 3.09. The third-order valence-corrected chi connectivity index (χ3v) is 2.65. The Labute approximate surface area is 94.8 Å². The first-order chi connectivity index (χ1) is 7.72. The summed E-state index contributed by atoms with van der Waals surface area (Å²) in [6.45, 7) is 4.98. The van der Waals surface area contributed by atoms with Gasteiger partial charge in [-0.15, -0.1) is 0 Å². The number of nitrogens with zero attached hydrogens (tertiary/aromatic N) is 3. The average Bonchev–Trinajstić information content (AvgIpc) is 2.33. The summed E-state index contributed by atoms with van der Waals surface area (Å²) in [7, 11) is 1.80. The topological polar surface area (TPSA) is 76.3 Å². The molecule has 0 amide bonds. The molecule has 2 heterocycles. The van der Waals surface area contributed by atoms with E-state index >= 15 is 0 Å². The lowest BCUT2D eigenvalue weighted by Gasteiger charge is -2.29. The van der Waals surface area contributed by atoms with Gasteiger partial charge in [0, 0.05) is 20.1 Å². The molecule has 1 aliphatic heterocycles. The van der Waals surface area contributed by atoms with E-state index in [-0.39, 0.29) is 0 Å². The van der Waals surface area contributed by atoms with Crippen LogP contribution < -0.4 is 16.0 Å². The van der Waals surface area contributed by atoms with Gasteiger partial charge in [0.15, 0.2) is 5.82 Å². The van der Waals surface area contributed by atoms with Crippen LogP contribution >= 0.6 is 0 Å². The fourth-order valence-electron chi connectivity index (χ4n) is 1.69. The molecular weight excluding hydrogens is 206 g/mol. The molecule has 0 atom stereocenters. The van der Waals surface area contributed by atoms with Crippen molar-refractivity contribution < 1.29 is 4.74 Å². The summed E-state index contributed by atoms with van der Waals surface area (Å²) in [6, 6.07) is 0. The molecule has 1 saturated heterocycles. The number of morpholine rings is 1. The van der Waals surface area contributed by atoms with Gasteiger partial charge in [0.2, 0.25) is 5.95 Å². The Bertz CT molecular complexity index is 376. The summed E-state index contributed by atoms with van der Waals surface area (Å²) in [6.07, 6.45) is 0. The number of nitrogens with two attached hydrogens (primary N) is 1. The molecule has 6 heteroatoms. The minimum atomic E-state index is 0.605. The van der Waals surface area contributed by atoms with Crippen LogP contribution in [-0.2, 0) is 4.74 Å². The number of nitrogens with one attached hydrogen (secondary N) is 1. The van der Waals surface area contributed by atoms with Crippen LogP contribution in [0.15, 0.2) is 0 Å². The summed E-state index contributed by atoms with van der Waals surface area (Å²) in [4.78, 5) is 10.8. The van der Waals surface area contributed by atoms with Crippen LogP contribution in [0.25, 0.3) is 0 Å². The van der Waals surface area contributed by atoms with Crippen LogP contribution in [-0.4, -0.2) is 43.3 Å². The van der Waals surface area contributed by atoms with Crippen molar-refractivity contribution in [2.75, 3.05) is 49.3 Å². The minimum absolute atomic E-state index is 0.605. The molecule has 3 N–H and O–H groups in total. The Hall–Kier alpha value is -1.56. The number of anilines is 3. The number of ether oxygens (including phenoxy) is 1. The maximum Gasteiger partial charge on any atom is 0.224 e. The first-order valence-corrected chi connectivity index (χ1v) is 5.37. The molecule has 2 rings (SSSR count). The highest BCUT2D eigenvalue weighted by molar-refractivity contribution is 5.67. The van der Waals surface area contributed by atoms with Gasteiger partial charge in [-0.1, -0.05) is 0 Å². The van der Waals surface area contributed by atoms with Crippen molar-refractivity contribution in [2.45, 2.75) is 6.92 Å². The van der Waals surface area contributed by atoms with E-state index in [0.29, 0.717) is 11.6 Å². The second-order valence-corrected chi connectivity index (χ2v) is 3.72. The fraction of sp³-hybridized carbons (Fsp3) is 0.600. The zero-order chi connectivity index (χ0) is 11.5. The number of aromatic nitrogens is 2. The van der Waals surface area contributed by atoms with Gasteiger partial charge in [0.05, 0.1) is 24.6 Å². The lowest BCUT2D eigenvalue weighted by molar-refractivity contribution is 0.122. The van der Waals surface area contributed by atoms with Gasteiger partial charge in [0.25, 0.3) is 0 Å². The van der Waals surface area contributed by atoms with Crippen LogP contribution in [0.2, 0.25) is 0 Å². The van der Waals surface area contributed by atoms with E-state index in [9.17, 15) is 0 Å². The Balaban J connectivity index is 2.33. The summed E-state index contributed by atoms with van der Waals surface area (Å²) >= 11 is 0. The molecule has 0 bridgehead atoms. The summed E-state index contributed by atoms with van der Waals surface area (Å²) in [5.74, 6) is 1.41. The molecule has 88 valence electrons. The van der Waals surface area contributed by atoms with Gasteiger partial charge < -0.3 is 20.7 Å². The first-order valence-electron chi connectivity index (χ1n) is 5.37. The van der Waals surface area contributed by atoms with Crippen LogP contribution in [0.4, 0.5) is 17.5 Å². The van der Waals surface area contributed by atoms with E-state index in [4.69, 9.17) is 10.5 Å². The zero-order valence-corrected chi connectivity index (χ0v) is 9.66. The molecule has 1 aromatic rings. The number of rotatable bonds is 2. The van der Waals surface area contributed by atoms with E-state index in [1.54, 1.807) is 7.05 Å². The van der Waals surface area contributed by atoms with Crippen molar-refractivity contribution >= 4 is 17.5 Å². The summed E-state index contributed by atoms with van der Waals surface area (Å²) in [5, 5.41) is 2.94. The van der Waals surface area contributed by atoms with E-state index < -0.39 is 0 Å². The van der Waals surface area contributed by atoms with Crippen LogP contribution in [0, 0.1) is 6.92 Å². The number of nitrogen functional groups attached to an aromatic ring is 1. The van der Waals surface area contributed by atoms with Crippen molar-refractivity contribution in [3.8, 4) is 0 Å². The molecule has 0 radical (unpaired) electrons. The predicted molar refractivity (Wildman–Crippen MR) is 63.8 cm³/mol. The van der Waals surface area contributed by atoms with Crippen molar-refractivity contribution in [2.24, 2.45) is 0 Å². The highest BCUT2D eigenvalue weighted by Gasteiger charge is 2.17. The van der Waals surface area contributed by atoms with E-state index in [1.807, 2.05) is 6.92 Å². The van der Waals surface area contributed by atoms with Gasteiger partial charge in [-0.2, -0.15) is 4.98 Å². The van der Waals surface area contributed by atoms with Crippen LogP contribution in [0.3, 0.4) is 0 Å². The largest absolute Gasteiger partial charge is 0.394 e.